The topological polar surface area (TPSA) is 59.9 Å². The standard InChI is InChI=1S/C21H19ClN2O3S/c1-2-26-19-12-15(13-23-24-21(25)20-8-5-11-28-20)9-10-18(19)27-14-16-6-3-4-7-17(16)22/h3-13H,2,14H2,1H3,(H,24,25)/b23-13-. The lowest BCUT2D eigenvalue weighted by Gasteiger charge is -2.13. The highest BCUT2D eigenvalue weighted by atomic mass is 35.5. The van der Waals surface area contributed by atoms with E-state index in [1.165, 1.54) is 11.3 Å². The Morgan fingerprint density at radius 1 is 1.14 bits per heavy atom. The maximum Gasteiger partial charge on any atom is 0.281 e. The van der Waals surface area contributed by atoms with Crippen molar-refractivity contribution in [3.63, 3.8) is 0 Å². The summed E-state index contributed by atoms with van der Waals surface area (Å²) in [5.74, 6) is 0.973. The van der Waals surface area contributed by atoms with Crippen LogP contribution in [0.15, 0.2) is 65.1 Å². The number of rotatable bonds is 8. The molecule has 0 aliphatic rings. The number of halogens is 1. The molecule has 1 amide bonds. The summed E-state index contributed by atoms with van der Waals surface area (Å²) in [7, 11) is 0. The average molecular weight is 415 g/mol. The molecule has 5 nitrogen and oxygen atoms in total. The predicted octanol–water partition coefficient (Wildman–Crippen LogP) is 5.14. The normalized spacial score (nSPS) is 10.8. The lowest BCUT2D eigenvalue weighted by atomic mass is 10.2. The number of carbonyl (C=O) groups excluding carboxylic acids is 1. The minimum atomic E-state index is -0.240. The first-order valence-electron chi connectivity index (χ1n) is 8.67. The van der Waals surface area contributed by atoms with E-state index in [1.807, 2.05) is 60.8 Å². The summed E-state index contributed by atoms with van der Waals surface area (Å²) < 4.78 is 11.6. The molecule has 0 radical (unpaired) electrons. The number of nitrogens with one attached hydrogen (secondary N) is 1. The van der Waals surface area contributed by atoms with Crippen molar-refractivity contribution in [3.8, 4) is 11.5 Å². The van der Waals surface area contributed by atoms with Gasteiger partial charge in [-0.3, -0.25) is 4.79 Å². The summed E-state index contributed by atoms with van der Waals surface area (Å²) in [6.07, 6.45) is 1.56. The SMILES string of the molecule is CCOc1cc(/C=N\NC(=O)c2cccs2)ccc1OCc1ccccc1Cl. The Hall–Kier alpha value is -2.83. The van der Waals surface area contributed by atoms with Crippen LogP contribution >= 0.6 is 22.9 Å². The molecule has 0 bridgehead atoms. The van der Waals surface area contributed by atoms with Crippen LogP contribution in [0.1, 0.15) is 27.7 Å². The molecule has 0 aliphatic heterocycles. The van der Waals surface area contributed by atoms with Crippen LogP contribution in [0.4, 0.5) is 0 Å². The molecule has 1 N–H and O–H groups in total. The van der Waals surface area contributed by atoms with E-state index in [1.54, 1.807) is 12.3 Å². The van der Waals surface area contributed by atoms with Crippen molar-refractivity contribution in [1.29, 1.82) is 0 Å². The van der Waals surface area contributed by atoms with Crippen LogP contribution in [-0.4, -0.2) is 18.7 Å². The van der Waals surface area contributed by atoms with Gasteiger partial charge in [0, 0.05) is 10.6 Å². The highest BCUT2D eigenvalue weighted by molar-refractivity contribution is 7.12. The summed E-state index contributed by atoms with van der Waals surface area (Å²) in [6, 6.07) is 16.6. The molecule has 0 unspecified atom stereocenters. The summed E-state index contributed by atoms with van der Waals surface area (Å²) in [4.78, 5) is 12.5. The first-order valence-corrected chi connectivity index (χ1v) is 9.93. The van der Waals surface area contributed by atoms with Gasteiger partial charge in [0.15, 0.2) is 11.5 Å². The highest BCUT2D eigenvalue weighted by Crippen LogP contribution is 2.29. The van der Waals surface area contributed by atoms with Gasteiger partial charge in [0.25, 0.3) is 5.91 Å². The number of carbonyl (C=O) groups is 1. The molecule has 1 aromatic heterocycles. The summed E-state index contributed by atoms with van der Waals surface area (Å²) in [5.41, 5.74) is 4.18. The predicted molar refractivity (Wildman–Crippen MR) is 113 cm³/mol. The maximum atomic E-state index is 11.9. The number of benzene rings is 2. The van der Waals surface area contributed by atoms with Crippen molar-refractivity contribution < 1.29 is 14.3 Å². The molecule has 7 heteroatoms. The molecule has 28 heavy (non-hydrogen) atoms. The molecule has 0 saturated heterocycles. The number of hydrogen-bond donors (Lipinski definition) is 1. The van der Waals surface area contributed by atoms with Gasteiger partial charge < -0.3 is 9.47 Å². The fourth-order valence-electron chi connectivity index (χ4n) is 2.39. The Kier molecular flexibility index (Phi) is 7.06. The van der Waals surface area contributed by atoms with E-state index in [0.29, 0.717) is 34.6 Å². The molecule has 3 rings (SSSR count). The summed E-state index contributed by atoms with van der Waals surface area (Å²) in [6.45, 7) is 2.74. The first-order chi connectivity index (χ1) is 13.7. The van der Waals surface area contributed by atoms with Gasteiger partial charge in [0.2, 0.25) is 0 Å². The average Bonchev–Trinajstić information content (AvgIpc) is 3.24. The molecule has 0 saturated carbocycles. The van der Waals surface area contributed by atoms with Gasteiger partial charge in [0.1, 0.15) is 6.61 Å². The van der Waals surface area contributed by atoms with Crippen molar-refractivity contribution >= 4 is 35.1 Å². The quantitative estimate of drug-likeness (QED) is 0.410. The van der Waals surface area contributed by atoms with Gasteiger partial charge in [0.05, 0.1) is 17.7 Å². The lowest BCUT2D eigenvalue weighted by molar-refractivity contribution is 0.0959. The number of amides is 1. The Balaban J connectivity index is 1.67. The van der Waals surface area contributed by atoms with E-state index in [0.717, 1.165) is 11.1 Å². The third kappa shape index (κ3) is 5.34. The molecule has 0 atom stereocenters. The van der Waals surface area contributed by atoms with Crippen LogP contribution in [0.25, 0.3) is 0 Å². The second kappa shape index (κ2) is 9.92. The van der Waals surface area contributed by atoms with E-state index in [9.17, 15) is 4.79 Å². The minimum absolute atomic E-state index is 0.240. The van der Waals surface area contributed by atoms with E-state index < -0.39 is 0 Å². The highest BCUT2D eigenvalue weighted by Gasteiger charge is 2.08. The van der Waals surface area contributed by atoms with Gasteiger partial charge in [-0.1, -0.05) is 35.9 Å². The van der Waals surface area contributed by atoms with E-state index in [-0.39, 0.29) is 5.91 Å². The fraction of sp³-hybridized carbons (Fsp3) is 0.143. The van der Waals surface area contributed by atoms with Crippen LogP contribution in [0.5, 0.6) is 11.5 Å². The van der Waals surface area contributed by atoms with Crippen LogP contribution in [0.2, 0.25) is 5.02 Å². The minimum Gasteiger partial charge on any atom is -0.490 e. The third-order valence-corrected chi connectivity index (χ3v) is 4.97. The zero-order valence-electron chi connectivity index (χ0n) is 15.2. The maximum absolute atomic E-state index is 11.9. The van der Waals surface area contributed by atoms with Crippen molar-refractivity contribution in [3.05, 3.63) is 81.0 Å². The van der Waals surface area contributed by atoms with Gasteiger partial charge >= 0.3 is 0 Å². The number of ether oxygens (including phenoxy) is 2. The second-order valence-corrected chi connectivity index (χ2v) is 7.05. The van der Waals surface area contributed by atoms with Crippen molar-refractivity contribution in [2.75, 3.05) is 6.61 Å². The van der Waals surface area contributed by atoms with Crippen LogP contribution in [0.3, 0.4) is 0 Å². The Morgan fingerprint density at radius 3 is 2.75 bits per heavy atom. The number of nitrogens with zero attached hydrogens (tertiary/aromatic N) is 1. The molecular weight excluding hydrogens is 396 g/mol. The molecule has 0 aliphatic carbocycles. The molecule has 1 heterocycles. The molecule has 144 valence electrons. The monoisotopic (exact) mass is 414 g/mol. The second-order valence-electron chi connectivity index (χ2n) is 5.70. The molecule has 3 aromatic rings. The van der Waals surface area contributed by atoms with Crippen molar-refractivity contribution in [1.82, 2.24) is 5.43 Å². The Labute approximate surface area is 172 Å². The Morgan fingerprint density at radius 2 is 2.00 bits per heavy atom. The molecule has 0 spiro atoms. The van der Waals surface area contributed by atoms with E-state index in [2.05, 4.69) is 10.5 Å². The largest absolute Gasteiger partial charge is 0.490 e. The smallest absolute Gasteiger partial charge is 0.281 e. The lowest BCUT2D eigenvalue weighted by Crippen LogP contribution is -2.16. The molecular formula is C21H19ClN2O3S. The van der Waals surface area contributed by atoms with Crippen LogP contribution < -0.4 is 14.9 Å². The Bertz CT molecular complexity index is 958. The first kappa shape index (κ1) is 19.9. The zero-order chi connectivity index (χ0) is 19.8. The molecule has 2 aromatic carbocycles. The van der Waals surface area contributed by atoms with Gasteiger partial charge in [-0.2, -0.15) is 5.10 Å². The van der Waals surface area contributed by atoms with Crippen LogP contribution in [-0.2, 0) is 6.61 Å². The van der Waals surface area contributed by atoms with Gasteiger partial charge in [-0.15, -0.1) is 11.3 Å². The number of thiophene rings is 1. The van der Waals surface area contributed by atoms with E-state index in [4.69, 9.17) is 21.1 Å². The fourth-order valence-corrected chi connectivity index (χ4v) is 3.20. The van der Waals surface area contributed by atoms with Crippen molar-refractivity contribution in [2.45, 2.75) is 13.5 Å². The van der Waals surface area contributed by atoms with Gasteiger partial charge in [-0.25, -0.2) is 5.43 Å². The van der Waals surface area contributed by atoms with Crippen molar-refractivity contribution in [2.24, 2.45) is 5.10 Å². The van der Waals surface area contributed by atoms with E-state index >= 15 is 0 Å². The number of hydrazone groups is 1. The number of hydrogen-bond acceptors (Lipinski definition) is 5. The third-order valence-electron chi connectivity index (χ3n) is 3.73. The summed E-state index contributed by atoms with van der Waals surface area (Å²) in [5, 5.41) is 6.50. The van der Waals surface area contributed by atoms with Crippen LogP contribution in [0, 0.1) is 0 Å². The zero-order valence-corrected chi connectivity index (χ0v) is 16.8. The molecule has 0 fully saturated rings. The van der Waals surface area contributed by atoms with Gasteiger partial charge in [-0.05, 0) is 48.2 Å². The summed E-state index contributed by atoms with van der Waals surface area (Å²) >= 11 is 7.53.